The van der Waals surface area contributed by atoms with Gasteiger partial charge in [0.05, 0.1) is 16.8 Å². The fourth-order valence-electron chi connectivity index (χ4n) is 7.05. The van der Waals surface area contributed by atoms with Crippen molar-refractivity contribution in [1.82, 2.24) is 19.3 Å². The number of rotatable bonds is 4. The van der Waals surface area contributed by atoms with Crippen LogP contribution in [0.4, 0.5) is 0 Å². The Bertz CT molecular complexity index is 1170. The summed E-state index contributed by atoms with van der Waals surface area (Å²) >= 11 is 0. The lowest BCUT2D eigenvalue weighted by Gasteiger charge is -2.47. The number of carbonyl (C=O) groups is 2. The van der Waals surface area contributed by atoms with E-state index < -0.39 is 0 Å². The van der Waals surface area contributed by atoms with E-state index in [1.807, 2.05) is 23.3 Å². The number of hydrogen-bond acceptors (Lipinski definition) is 4. The van der Waals surface area contributed by atoms with E-state index in [0.717, 1.165) is 70.5 Å². The van der Waals surface area contributed by atoms with Gasteiger partial charge in [0, 0.05) is 37.3 Å². The molecule has 0 radical (unpaired) electrons. The van der Waals surface area contributed by atoms with E-state index in [9.17, 15) is 9.59 Å². The topological polar surface area (TPSA) is 48.8 Å². The van der Waals surface area contributed by atoms with E-state index in [1.54, 1.807) is 0 Å². The number of piperidine rings is 3. The van der Waals surface area contributed by atoms with Crippen molar-refractivity contribution in [2.24, 2.45) is 11.3 Å². The van der Waals surface area contributed by atoms with Crippen LogP contribution in [0.3, 0.4) is 0 Å². The maximum absolute atomic E-state index is 14.0. The van der Waals surface area contributed by atoms with Gasteiger partial charge in [-0.3, -0.25) is 19.1 Å². The van der Waals surface area contributed by atoms with Crippen LogP contribution in [-0.2, 0) is 11.2 Å². The molecular weight excluding hydrogens is 424 g/mol. The number of benzene rings is 1. The molecule has 5 aliphatic rings. The zero-order valence-electron chi connectivity index (χ0n) is 20.7. The Labute approximate surface area is 202 Å². The van der Waals surface area contributed by atoms with Gasteiger partial charge in [-0.2, -0.15) is 0 Å². The highest BCUT2D eigenvalue weighted by Gasteiger charge is 2.46. The summed E-state index contributed by atoms with van der Waals surface area (Å²) in [7, 11) is 2.14. The van der Waals surface area contributed by atoms with E-state index >= 15 is 0 Å². The number of carbonyl (C=O) groups excluding carboxylic acids is 2. The van der Waals surface area contributed by atoms with Crippen molar-refractivity contribution in [2.45, 2.75) is 45.6 Å². The molecule has 1 amide bonds. The van der Waals surface area contributed by atoms with Gasteiger partial charge in [0.15, 0.2) is 0 Å². The molecule has 6 nitrogen and oxygen atoms in total. The molecule has 6 heteroatoms. The number of nitrogens with zero attached hydrogens (tertiary/aromatic N) is 4. The van der Waals surface area contributed by atoms with Gasteiger partial charge in [-0.1, -0.05) is 18.2 Å². The molecule has 1 aromatic carbocycles. The Morgan fingerprint density at radius 1 is 1.09 bits per heavy atom. The second-order valence-corrected chi connectivity index (χ2v) is 10.8. The van der Waals surface area contributed by atoms with Crippen LogP contribution in [0.15, 0.2) is 30.5 Å². The van der Waals surface area contributed by atoms with Gasteiger partial charge in [-0.15, -0.1) is 0 Å². The largest absolute Gasteiger partial charge is 0.343 e. The molecule has 5 heterocycles. The van der Waals surface area contributed by atoms with Crippen LogP contribution in [0.25, 0.3) is 16.5 Å². The van der Waals surface area contributed by atoms with Crippen molar-refractivity contribution in [2.75, 3.05) is 46.3 Å². The van der Waals surface area contributed by atoms with Gasteiger partial charge in [-0.25, -0.2) is 0 Å². The van der Waals surface area contributed by atoms with Gasteiger partial charge in [0.2, 0.25) is 11.8 Å². The SMILES string of the molecule is CCN(CC)C(=O)[C@@H]1C=C2c3cccc4c3c(cn4C(=O)C34CCN(CC3)CC4)C[C@H]2N(C)C1. The molecule has 7 rings (SSSR count). The predicted octanol–water partition coefficient (Wildman–Crippen LogP) is 3.51. The number of aromatic nitrogens is 1. The first-order valence-corrected chi connectivity index (χ1v) is 13.1. The van der Waals surface area contributed by atoms with Crippen LogP contribution in [0.2, 0.25) is 0 Å². The van der Waals surface area contributed by atoms with Crippen LogP contribution in [0.5, 0.6) is 0 Å². The number of likely N-dealkylation sites (N-methyl/N-ethyl adjacent to an activating group) is 1. The van der Waals surface area contributed by atoms with Gasteiger partial charge >= 0.3 is 0 Å². The number of hydrogen-bond donors (Lipinski definition) is 0. The zero-order valence-corrected chi connectivity index (χ0v) is 20.7. The van der Waals surface area contributed by atoms with Crippen molar-refractivity contribution < 1.29 is 9.59 Å². The van der Waals surface area contributed by atoms with Crippen LogP contribution < -0.4 is 0 Å². The Hall–Kier alpha value is -2.44. The quantitative estimate of drug-likeness (QED) is 0.701. The highest BCUT2D eigenvalue weighted by atomic mass is 16.2. The standard InChI is InChI=1S/C28H36N4O2/c1-4-31(5-2)26(33)20-15-22-21-7-6-8-23-25(21)19(16-24(22)29(3)17-20)18-32(23)27(34)28-9-12-30(13-10-28)14-11-28/h6-8,15,18,20,24H,4-5,9-14,16-17H2,1-3H3/t20-,24-/m1/s1. The maximum Gasteiger partial charge on any atom is 0.237 e. The molecule has 1 aromatic heterocycles. The first kappa shape index (κ1) is 22.1. The Balaban J connectivity index is 1.43. The van der Waals surface area contributed by atoms with Crippen LogP contribution in [-0.4, -0.2) is 83.4 Å². The summed E-state index contributed by atoms with van der Waals surface area (Å²) in [4.78, 5) is 34.0. The average molecular weight is 461 g/mol. The highest BCUT2D eigenvalue weighted by Crippen LogP contribution is 2.45. The smallest absolute Gasteiger partial charge is 0.237 e. The Morgan fingerprint density at radius 2 is 1.79 bits per heavy atom. The van der Waals surface area contributed by atoms with E-state index in [2.05, 4.69) is 47.3 Å². The minimum atomic E-state index is -0.202. The normalized spacial score (nSPS) is 30.2. The Kier molecular flexibility index (Phi) is 5.23. The third-order valence-corrected chi connectivity index (χ3v) is 9.17. The molecule has 3 saturated heterocycles. The minimum absolute atomic E-state index is 0.122. The van der Waals surface area contributed by atoms with Crippen molar-refractivity contribution in [3.63, 3.8) is 0 Å². The lowest BCUT2D eigenvalue weighted by atomic mass is 9.71. The summed E-state index contributed by atoms with van der Waals surface area (Å²) in [6.45, 7) is 9.47. The molecule has 34 heavy (non-hydrogen) atoms. The third kappa shape index (κ3) is 3.14. The van der Waals surface area contributed by atoms with E-state index in [4.69, 9.17) is 0 Å². The molecule has 2 bridgehead atoms. The molecule has 0 saturated carbocycles. The number of fused-ring (bicyclic) bond motifs is 5. The zero-order chi connectivity index (χ0) is 23.6. The first-order chi connectivity index (χ1) is 16.5. The summed E-state index contributed by atoms with van der Waals surface area (Å²) < 4.78 is 1.99. The maximum atomic E-state index is 14.0. The summed E-state index contributed by atoms with van der Waals surface area (Å²) in [5, 5.41) is 1.22. The van der Waals surface area contributed by atoms with Gasteiger partial charge in [-0.05, 0) is 89.0 Å². The molecule has 180 valence electrons. The lowest BCUT2D eigenvalue weighted by molar-refractivity contribution is -0.134. The molecule has 3 fully saturated rings. The molecule has 1 aliphatic carbocycles. The van der Waals surface area contributed by atoms with Crippen LogP contribution in [0.1, 0.15) is 49.0 Å². The highest BCUT2D eigenvalue weighted by molar-refractivity contribution is 6.04. The fraction of sp³-hybridized carbons (Fsp3) is 0.571. The van der Waals surface area contributed by atoms with Crippen molar-refractivity contribution in [3.05, 3.63) is 41.6 Å². The molecular formula is C28H36N4O2. The average Bonchev–Trinajstić information content (AvgIpc) is 3.25. The Morgan fingerprint density at radius 3 is 2.47 bits per heavy atom. The summed E-state index contributed by atoms with van der Waals surface area (Å²) in [6, 6.07) is 6.64. The second kappa shape index (κ2) is 8.06. The second-order valence-electron chi connectivity index (χ2n) is 10.8. The van der Waals surface area contributed by atoms with Gasteiger partial charge < -0.3 is 9.80 Å². The van der Waals surface area contributed by atoms with Crippen molar-refractivity contribution >= 4 is 28.3 Å². The minimum Gasteiger partial charge on any atom is -0.343 e. The number of amides is 1. The molecule has 2 aromatic rings. The predicted molar refractivity (Wildman–Crippen MR) is 135 cm³/mol. The molecule has 0 N–H and O–H groups in total. The summed E-state index contributed by atoms with van der Waals surface area (Å²) in [5.74, 6) is 0.390. The van der Waals surface area contributed by atoms with Crippen LogP contribution in [0, 0.1) is 11.3 Å². The summed E-state index contributed by atoms with van der Waals surface area (Å²) in [6.07, 6.45) is 8.20. The molecule has 0 spiro atoms. The third-order valence-electron chi connectivity index (χ3n) is 9.17. The van der Waals surface area contributed by atoms with E-state index in [0.29, 0.717) is 5.91 Å². The molecule has 4 aliphatic heterocycles. The first-order valence-electron chi connectivity index (χ1n) is 13.1. The monoisotopic (exact) mass is 460 g/mol. The van der Waals surface area contributed by atoms with Crippen LogP contribution >= 0.6 is 0 Å². The van der Waals surface area contributed by atoms with Gasteiger partial charge in [0.1, 0.15) is 0 Å². The molecule has 0 unspecified atom stereocenters. The van der Waals surface area contributed by atoms with E-state index in [1.165, 1.54) is 22.1 Å². The van der Waals surface area contributed by atoms with Gasteiger partial charge in [0.25, 0.3) is 0 Å². The van der Waals surface area contributed by atoms with Crippen molar-refractivity contribution in [1.29, 1.82) is 0 Å². The van der Waals surface area contributed by atoms with Crippen molar-refractivity contribution in [3.8, 4) is 0 Å². The summed E-state index contributed by atoms with van der Waals surface area (Å²) in [5.41, 5.74) is 4.57. The van der Waals surface area contributed by atoms with E-state index in [-0.39, 0.29) is 23.3 Å². The fourth-order valence-corrected chi connectivity index (χ4v) is 7.05. The molecule has 2 atom stereocenters. The lowest BCUT2D eigenvalue weighted by Crippen LogP contribution is -2.52.